The number of hydrogen-bond acceptors (Lipinski definition) is 4. The SMILES string of the molecule is COc1cccc(C(=O)N2CCN(C(=O)C[C@@H](C)n3ccnc3C)CC2)c1. The van der Waals surface area contributed by atoms with Crippen LogP contribution in [0.25, 0.3) is 0 Å². The summed E-state index contributed by atoms with van der Waals surface area (Å²) in [4.78, 5) is 33.1. The number of nitrogens with zero attached hydrogens (tertiary/aromatic N) is 4. The molecule has 27 heavy (non-hydrogen) atoms. The Bertz CT molecular complexity index is 809. The van der Waals surface area contributed by atoms with Gasteiger partial charge in [-0.15, -0.1) is 0 Å². The molecule has 0 N–H and O–H groups in total. The van der Waals surface area contributed by atoms with Gasteiger partial charge in [-0.2, -0.15) is 0 Å². The summed E-state index contributed by atoms with van der Waals surface area (Å²) in [5.74, 6) is 1.66. The summed E-state index contributed by atoms with van der Waals surface area (Å²) in [6.07, 6.45) is 4.08. The summed E-state index contributed by atoms with van der Waals surface area (Å²) in [7, 11) is 1.58. The van der Waals surface area contributed by atoms with Crippen molar-refractivity contribution in [2.24, 2.45) is 0 Å². The number of aromatic nitrogens is 2. The number of rotatable bonds is 5. The number of carbonyl (C=O) groups is 2. The molecule has 2 amide bonds. The van der Waals surface area contributed by atoms with E-state index in [1.165, 1.54) is 0 Å². The molecule has 1 aromatic heterocycles. The molecule has 3 rings (SSSR count). The van der Waals surface area contributed by atoms with Crippen LogP contribution < -0.4 is 4.74 Å². The quantitative estimate of drug-likeness (QED) is 0.809. The second-order valence-electron chi connectivity index (χ2n) is 6.84. The Morgan fingerprint density at radius 2 is 1.89 bits per heavy atom. The lowest BCUT2D eigenvalue weighted by Crippen LogP contribution is -2.50. The van der Waals surface area contributed by atoms with Crippen molar-refractivity contribution in [2.45, 2.75) is 26.3 Å². The fourth-order valence-corrected chi connectivity index (χ4v) is 3.43. The minimum Gasteiger partial charge on any atom is -0.497 e. The number of methoxy groups -OCH3 is 1. The number of aryl methyl sites for hydroxylation is 1. The smallest absolute Gasteiger partial charge is 0.254 e. The Balaban J connectivity index is 1.54. The van der Waals surface area contributed by atoms with Gasteiger partial charge in [-0.3, -0.25) is 9.59 Å². The number of amides is 2. The molecule has 7 nitrogen and oxygen atoms in total. The maximum atomic E-state index is 12.7. The zero-order chi connectivity index (χ0) is 19.4. The predicted octanol–water partition coefficient (Wildman–Crippen LogP) is 2.14. The molecule has 0 saturated carbocycles. The molecular formula is C20H26N4O3. The van der Waals surface area contributed by atoms with Gasteiger partial charge in [0.15, 0.2) is 0 Å². The summed E-state index contributed by atoms with van der Waals surface area (Å²) in [5, 5.41) is 0. The van der Waals surface area contributed by atoms with Gasteiger partial charge >= 0.3 is 0 Å². The van der Waals surface area contributed by atoms with Crippen molar-refractivity contribution >= 4 is 11.8 Å². The van der Waals surface area contributed by atoms with E-state index in [2.05, 4.69) is 4.98 Å². The number of benzene rings is 1. The predicted molar refractivity (Wildman–Crippen MR) is 102 cm³/mol. The van der Waals surface area contributed by atoms with Crippen molar-refractivity contribution in [2.75, 3.05) is 33.3 Å². The molecule has 2 aromatic rings. The number of imidazole rings is 1. The van der Waals surface area contributed by atoms with Gasteiger partial charge < -0.3 is 19.1 Å². The second-order valence-corrected chi connectivity index (χ2v) is 6.84. The average molecular weight is 370 g/mol. The number of ether oxygens (including phenoxy) is 1. The van der Waals surface area contributed by atoms with E-state index in [1.807, 2.05) is 41.6 Å². The van der Waals surface area contributed by atoms with Gasteiger partial charge in [-0.25, -0.2) is 4.98 Å². The first kappa shape index (κ1) is 18.9. The molecule has 1 aromatic carbocycles. The molecule has 0 aliphatic carbocycles. The zero-order valence-corrected chi connectivity index (χ0v) is 16.1. The maximum Gasteiger partial charge on any atom is 0.254 e. The van der Waals surface area contributed by atoms with Crippen LogP contribution in [0.15, 0.2) is 36.7 Å². The molecule has 2 heterocycles. The molecule has 1 aliphatic rings. The Morgan fingerprint density at radius 1 is 1.19 bits per heavy atom. The molecule has 1 atom stereocenters. The largest absolute Gasteiger partial charge is 0.497 e. The van der Waals surface area contributed by atoms with Gasteiger partial charge in [0.2, 0.25) is 5.91 Å². The first-order valence-electron chi connectivity index (χ1n) is 9.20. The second kappa shape index (κ2) is 8.24. The highest BCUT2D eigenvalue weighted by Crippen LogP contribution is 2.18. The van der Waals surface area contributed by atoms with Crippen molar-refractivity contribution in [3.63, 3.8) is 0 Å². The molecule has 1 saturated heterocycles. The molecule has 144 valence electrons. The van der Waals surface area contributed by atoms with Crippen LogP contribution in [0.3, 0.4) is 0 Å². The van der Waals surface area contributed by atoms with E-state index < -0.39 is 0 Å². The van der Waals surface area contributed by atoms with E-state index in [4.69, 9.17) is 4.74 Å². The molecular weight excluding hydrogens is 344 g/mol. The Hall–Kier alpha value is -2.83. The Kier molecular flexibility index (Phi) is 5.78. The van der Waals surface area contributed by atoms with Crippen LogP contribution in [0.1, 0.15) is 35.6 Å². The van der Waals surface area contributed by atoms with Crippen LogP contribution in [0.4, 0.5) is 0 Å². The van der Waals surface area contributed by atoms with Crippen molar-refractivity contribution in [1.82, 2.24) is 19.4 Å². The summed E-state index contributed by atoms with van der Waals surface area (Å²) >= 11 is 0. The number of hydrogen-bond donors (Lipinski definition) is 0. The van der Waals surface area contributed by atoms with Crippen LogP contribution >= 0.6 is 0 Å². The first-order chi connectivity index (χ1) is 13.0. The highest BCUT2D eigenvalue weighted by Gasteiger charge is 2.26. The lowest BCUT2D eigenvalue weighted by atomic mass is 10.1. The molecule has 0 bridgehead atoms. The summed E-state index contributed by atoms with van der Waals surface area (Å²) in [5.41, 5.74) is 0.610. The fourth-order valence-electron chi connectivity index (χ4n) is 3.43. The molecule has 1 aliphatic heterocycles. The Morgan fingerprint density at radius 3 is 2.52 bits per heavy atom. The van der Waals surface area contributed by atoms with Gasteiger partial charge in [-0.1, -0.05) is 6.07 Å². The Labute approximate surface area is 159 Å². The van der Waals surface area contributed by atoms with Crippen LogP contribution in [0, 0.1) is 6.92 Å². The minimum atomic E-state index is -0.0246. The number of carbonyl (C=O) groups excluding carboxylic acids is 2. The van der Waals surface area contributed by atoms with E-state index in [1.54, 1.807) is 30.3 Å². The van der Waals surface area contributed by atoms with Crippen LogP contribution in [0.5, 0.6) is 5.75 Å². The lowest BCUT2D eigenvalue weighted by molar-refractivity contribution is -0.133. The van der Waals surface area contributed by atoms with E-state index in [9.17, 15) is 9.59 Å². The summed E-state index contributed by atoms with van der Waals surface area (Å²) in [6.45, 7) is 6.16. The van der Waals surface area contributed by atoms with Crippen molar-refractivity contribution in [3.8, 4) is 5.75 Å². The van der Waals surface area contributed by atoms with Crippen LogP contribution in [0.2, 0.25) is 0 Å². The average Bonchev–Trinajstić information content (AvgIpc) is 3.13. The third-order valence-corrected chi connectivity index (χ3v) is 5.04. The van der Waals surface area contributed by atoms with E-state index in [0.717, 1.165) is 5.82 Å². The van der Waals surface area contributed by atoms with Crippen molar-refractivity contribution < 1.29 is 14.3 Å². The topological polar surface area (TPSA) is 67.7 Å². The first-order valence-corrected chi connectivity index (χ1v) is 9.20. The van der Waals surface area contributed by atoms with Crippen LogP contribution in [-0.2, 0) is 4.79 Å². The van der Waals surface area contributed by atoms with Gasteiger partial charge in [0, 0.05) is 56.6 Å². The molecule has 0 radical (unpaired) electrons. The summed E-state index contributed by atoms with van der Waals surface area (Å²) in [6, 6.07) is 7.23. The van der Waals surface area contributed by atoms with Crippen molar-refractivity contribution in [3.05, 3.63) is 48.0 Å². The molecule has 1 fully saturated rings. The molecule has 0 unspecified atom stereocenters. The van der Waals surface area contributed by atoms with E-state index in [0.29, 0.717) is 43.9 Å². The van der Waals surface area contributed by atoms with E-state index >= 15 is 0 Å². The monoisotopic (exact) mass is 370 g/mol. The van der Waals surface area contributed by atoms with Gasteiger partial charge in [0.25, 0.3) is 5.91 Å². The maximum absolute atomic E-state index is 12.7. The highest BCUT2D eigenvalue weighted by atomic mass is 16.5. The van der Waals surface area contributed by atoms with E-state index in [-0.39, 0.29) is 17.9 Å². The van der Waals surface area contributed by atoms with Crippen LogP contribution in [-0.4, -0.2) is 64.5 Å². The highest BCUT2D eigenvalue weighted by molar-refractivity contribution is 5.94. The third kappa shape index (κ3) is 4.30. The third-order valence-electron chi connectivity index (χ3n) is 5.04. The number of piperazine rings is 1. The summed E-state index contributed by atoms with van der Waals surface area (Å²) < 4.78 is 7.20. The lowest BCUT2D eigenvalue weighted by Gasteiger charge is -2.35. The molecule has 0 spiro atoms. The van der Waals surface area contributed by atoms with Gasteiger partial charge in [-0.05, 0) is 32.0 Å². The molecule has 7 heteroatoms. The minimum absolute atomic E-state index is 0.0246. The van der Waals surface area contributed by atoms with Gasteiger partial charge in [0.1, 0.15) is 11.6 Å². The normalized spacial score (nSPS) is 15.5. The fraction of sp³-hybridized carbons (Fsp3) is 0.450. The zero-order valence-electron chi connectivity index (χ0n) is 16.1. The standard InChI is InChI=1S/C20H26N4O3/c1-15(24-8-7-21-16(24)2)13-19(25)22-9-11-23(12-10-22)20(26)17-5-4-6-18(14-17)27-3/h4-8,14-15H,9-13H2,1-3H3/t15-/m1/s1. The van der Waals surface area contributed by atoms with Crippen molar-refractivity contribution in [1.29, 1.82) is 0 Å². The van der Waals surface area contributed by atoms with Gasteiger partial charge in [0.05, 0.1) is 7.11 Å².